The summed E-state index contributed by atoms with van der Waals surface area (Å²) in [5.41, 5.74) is 2.48. The number of hydrogen-bond donors (Lipinski definition) is 2. The fourth-order valence-electron chi connectivity index (χ4n) is 2.52. The van der Waals surface area contributed by atoms with Crippen LogP contribution in [0.4, 0.5) is 5.69 Å². The predicted molar refractivity (Wildman–Crippen MR) is 76.6 cm³/mol. The Morgan fingerprint density at radius 3 is 2.74 bits per heavy atom. The van der Waals surface area contributed by atoms with Crippen molar-refractivity contribution in [3.63, 3.8) is 0 Å². The highest BCUT2D eigenvalue weighted by molar-refractivity contribution is 5.66. The highest BCUT2D eigenvalue weighted by Crippen LogP contribution is 2.21. The van der Waals surface area contributed by atoms with Crippen LogP contribution in [0.2, 0.25) is 0 Å². The van der Waals surface area contributed by atoms with E-state index in [9.17, 15) is 4.79 Å². The van der Waals surface area contributed by atoms with Crippen molar-refractivity contribution in [1.29, 1.82) is 0 Å². The smallest absolute Gasteiger partial charge is 0.303 e. The number of aliphatic carboxylic acids is 1. The van der Waals surface area contributed by atoms with Gasteiger partial charge in [0.25, 0.3) is 0 Å². The number of nitrogens with zero attached hydrogens (tertiary/aromatic N) is 1. The molecule has 4 nitrogen and oxygen atoms in total. The van der Waals surface area contributed by atoms with Gasteiger partial charge in [0.05, 0.1) is 0 Å². The number of carbonyl (C=O) groups is 1. The quantitative estimate of drug-likeness (QED) is 0.871. The highest BCUT2D eigenvalue weighted by atomic mass is 16.4. The Balaban J connectivity index is 2.01. The third-order valence-electron chi connectivity index (χ3n) is 3.72. The van der Waals surface area contributed by atoms with E-state index in [2.05, 4.69) is 48.3 Å². The third-order valence-corrected chi connectivity index (χ3v) is 3.72. The van der Waals surface area contributed by atoms with Crippen LogP contribution in [-0.4, -0.2) is 36.2 Å². The average Bonchev–Trinajstić information content (AvgIpc) is 2.39. The third kappa shape index (κ3) is 3.70. The molecule has 1 heterocycles. The lowest BCUT2D eigenvalue weighted by Crippen LogP contribution is -2.55. The van der Waals surface area contributed by atoms with E-state index in [4.69, 9.17) is 5.11 Å². The van der Waals surface area contributed by atoms with Gasteiger partial charge >= 0.3 is 5.97 Å². The van der Waals surface area contributed by atoms with E-state index in [-0.39, 0.29) is 12.5 Å². The van der Waals surface area contributed by atoms with Crippen molar-refractivity contribution in [3.05, 3.63) is 29.8 Å². The molecule has 1 saturated heterocycles. The average molecular weight is 262 g/mol. The number of piperazine rings is 1. The number of carboxylic acids is 1. The van der Waals surface area contributed by atoms with E-state index in [1.165, 1.54) is 11.3 Å². The summed E-state index contributed by atoms with van der Waals surface area (Å²) >= 11 is 0. The molecule has 1 aromatic carbocycles. The number of nitrogens with one attached hydrogen (secondary N) is 1. The fourth-order valence-corrected chi connectivity index (χ4v) is 2.52. The summed E-state index contributed by atoms with van der Waals surface area (Å²) < 4.78 is 0. The van der Waals surface area contributed by atoms with Crippen LogP contribution in [0.5, 0.6) is 0 Å². The minimum absolute atomic E-state index is 0.230. The number of aryl methyl sites for hydroxylation is 1. The van der Waals surface area contributed by atoms with E-state index in [0.29, 0.717) is 12.5 Å². The minimum Gasteiger partial charge on any atom is -0.481 e. The Morgan fingerprint density at radius 2 is 2.11 bits per heavy atom. The number of hydrogen-bond acceptors (Lipinski definition) is 3. The van der Waals surface area contributed by atoms with Gasteiger partial charge in [-0.1, -0.05) is 17.7 Å². The minimum atomic E-state index is -0.720. The van der Waals surface area contributed by atoms with Crippen molar-refractivity contribution in [2.45, 2.75) is 38.8 Å². The molecule has 0 saturated carbocycles. The number of benzene rings is 1. The van der Waals surface area contributed by atoms with E-state index in [1.807, 2.05) is 0 Å². The SMILES string of the molecule is Cc1ccc(N2CC(CCC(=O)O)NCC2C)cc1. The van der Waals surface area contributed by atoms with E-state index in [1.54, 1.807) is 0 Å². The lowest BCUT2D eigenvalue weighted by Gasteiger charge is -2.40. The lowest BCUT2D eigenvalue weighted by molar-refractivity contribution is -0.137. The lowest BCUT2D eigenvalue weighted by atomic mass is 10.0. The maximum absolute atomic E-state index is 10.7. The predicted octanol–water partition coefficient (Wildman–Crippen LogP) is 2.03. The van der Waals surface area contributed by atoms with Crippen LogP contribution in [0, 0.1) is 6.92 Å². The molecule has 0 spiro atoms. The van der Waals surface area contributed by atoms with Crippen LogP contribution >= 0.6 is 0 Å². The van der Waals surface area contributed by atoms with Crippen molar-refractivity contribution in [1.82, 2.24) is 5.32 Å². The first-order valence-electron chi connectivity index (χ1n) is 6.85. The van der Waals surface area contributed by atoms with Gasteiger partial charge in [0.15, 0.2) is 0 Å². The molecule has 4 heteroatoms. The second kappa shape index (κ2) is 6.06. The molecule has 1 aliphatic heterocycles. The van der Waals surface area contributed by atoms with Gasteiger partial charge in [-0.25, -0.2) is 0 Å². The molecule has 0 amide bonds. The van der Waals surface area contributed by atoms with Gasteiger partial charge in [-0.05, 0) is 32.4 Å². The van der Waals surface area contributed by atoms with Crippen molar-refractivity contribution >= 4 is 11.7 Å². The molecule has 0 radical (unpaired) electrons. The molecule has 0 aromatic heterocycles. The van der Waals surface area contributed by atoms with Crippen LogP contribution in [0.15, 0.2) is 24.3 Å². The van der Waals surface area contributed by atoms with Gasteiger partial charge in [0.2, 0.25) is 0 Å². The standard InChI is InChI=1S/C15H22N2O2/c1-11-3-6-14(7-4-11)17-10-13(5-8-15(18)19)16-9-12(17)2/h3-4,6-7,12-13,16H,5,8-10H2,1-2H3,(H,18,19). The molecule has 2 rings (SSSR count). The first-order chi connectivity index (χ1) is 9.06. The molecule has 1 aromatic rings. The van der Waals surface area contributed by atoms with Gasteiger partial charge in [-0.15, -0.1) is 0 Å². The summed E-state index contributed by atoms with van der Waals surface area (Å²) in [5.74, 6) is -0.720. The molecule has 0 bridgehead atoms. The first kappa shape index (κ1) is 13.9. The number of rotatable bonds is 4. The van der Waals surface area contributed by atoms with Crippen molar-refractivity contribution in [2.24, 2.45) is 0 Å². The Morgan fingerprint density at radius 1 is 1.42 bits per heavy atom. The van der Waals surface area contributed by atoms with Gasteiger partial charge in [0, 0.05) is 37.3 Å². The molecule has 1 aliphatic rings. The second-order valence-corrected chi connectivity index (χ2v) is 5.37. The maximum Gasteiger partial charge on any atom is 0.303 e. The first-order valence-corrected chi connectivity index (χ1v) is 6.85. The van der Waals surface area contributed by atoms with Crippen molar-refractivity contribution in [2.75, 3.05) is 18.0 Å². The van der Waals surface area contributed by atoms with Gasteiger partial charge < -0.3 is 15.3 Å². The molecule has 2 unspecified atom stereocenters. The Kier molecular flexibility index (Phi) is 4.43. The summed E-state index contributed by atoms with van der Waals surface area (Å²) in [6, 6.07) is 9.22. The normalized spacial score (nSPS) is 23.4. The van der Waals surface area contributed by atoms with E-state index < -0.39 is 5.97 Å². The summed E-state index contributed by atoms with van der Waals surface area (Å²) in [7, 11) is 0. The van der Waals surface area contributed by atoms with Crippen LogP contribution in [0.3, 0.4) is 0 Å². The summed E-state index contributed by atoms with van der Waals surface area (Å²) in [5, 5.41) is 12.2. The Labute approximate surface area is 114 Å². The summed E-state index contributed by atoms with van der Waals surface area (Å²) in [4.78, 5) is 13.0. The van der Waals surface area contributed by atoms with Crippen LogP contribution < -0.4 is 10.2 Å². The molecule has 2 atom stereocenters. The molecule has 19 heavy (non-hydrogen) atoms. The number of anilines is 1. The zero-order valence-corrected chi connectivity index (χ0v) is 11.6. The molecular weight excluding hydrogens is 240 g/mol. The van der Waals surface area contributed by atoms with Crippen molar-refractivity contribution in [3.8, 4) is 0 Å². The molecular formula is C15H22N2O2. The van der Waals surface area contributed by atoms with Gasteiger partial charge in [-0.3, -0.25) is 4.79 Å². The van der Waals surface area contributed by atoms with E-state index in [0.717, 1.165) is 13.1 Å². The van der Waals surface area contributed by atoms with Crippen molar-refractivity contribution < 1.29 is 9.90 Å². The maximum atomic E-state index is 10.7. The fraction of sp³-hybridized carbons (Fsp3) is 0.533. The zero-order valence-electron chi connectivity index (χ0n) is 11.6. The Hall–Kier alpha value is -1.55. The molecule has 2 N–H and O–H groups in total. The van der Waals surface area contributed by atoms with Crippen LogP contribution in [0.1, 0.15) is 25.3 Å². The second-order valence-electron chi connectivity index (χ2n) is 5.37. The zero-order chi connectivity index (χ0) is 13.8. The van der Waals surface area contributed by atoms with Crippen LogP contribution in [-0.2, 0) is 4.79 Å². The molecule has 0 aliphatic carbocycles. The summed E-state index contributed by atoms with van der Waals surface area (Å²) in [6.07, 6.45) is 0.915. The van der Waals surface area contributed by atoms with Crippen LogP contribution in [0.25, 0.3) is 0 Å². The Bertz CT molecular complexity index is 430. The van der Waals surface area contributed by atoms with Gasteiger partial charge in [-0.2, -0.15) is 0 Å². The monoisotopic (exact) mass is 262 g/mol. The van der Waals surface area contributed by atoms with E-state index >= 15 is 0 Å². The highest BCUT2D eigenvalue weighted by Gasteiger charge is 2.25. The largest absolute Gasteiger partial charge is 0.481 e. The summed E-state index contributed by atoms with van der Waals surface area (Å²) in [6.45, 7) is 6.05. The molecule has 1 fully saturated rings. The molecule has 104 valence electrons. The number of carboxylic acid groups (broad SMARTS) is 1. The topological polar surface area (TPSA) is 52.6 Å². The van der Waals surface area contributed by atoms with Gasteiger partial charge in [0.1, 0.15) is 0 Å².